The summed E-state index contributed by atoms with van der Waals surface area (Å²) in [6.07, 6.45) is 6.92. The lowest BCUT2D eigenvalue weighted by Gasteiger charge is -2.25. The van der Waals surface area contributed by atoms with Gasteiger partial charge in [-0.25, -0.2) is 0 Å². The van der Waals surface area contributed by atoms with Crippen LogP contribution >= 0.6 is 0 Å². The number of hydrogen-bond donors (Lipinski definition) is 0. The van der Waals surface area contributed by atoms with Crippen molar-refractivity contribution in [2.75, 3.05) is 18.0 Å². The molecule has 0 saturated carbocycles. The van der Waals surface area contributed by atoms with E-state index in [1.165, 1.54) is 25.3 Å². The standard InChI is InChI=1S/C12H14N2O/c13-8-4-5-11-6-7-12(15-11)14-9-2-1-3-10-14/h4-7H,1-3,9-10H2. The van der Waals surface area contributed by atoms with Crippen LogP contribution in [0.2, 0.25) is 0 Å². The Morgan fingerprint density at radius 3 is 2.80 bits per heavy atom. The summed E-state index contributed by atoms with van der Waals surface area (Å²) < 4.78 is 5.61. The molecule has 0 bridgehead atoms. The van der Waals surface area contributed by atoms with Crippen LogP contribution in [0.25, 0.3) is 6.08 Å². The number of rotatable bonds is 2. The predicted molar refractivity (Wildman–Crippen MR) is 59.4 cm³/mol. The normalized spacial score (nSPS) is 16.9. The van der Waals surface area contributed by atoms with Crippen molar-refractivity contribution in [2.24, 2.45) is 0 Å². The van der Waals surface area contributed by atoms with E-state index >= 15 is 0 Å². The molecule has 1 aromatic heterocycles. The van der Waals surface area contributed by atoms with Gasteiger partial charge in [0.25, 0.3) is 0 Å². The van der Waals surface area contributed by atoms with Gasteiger partial charge in [-0.15, -0.1) is 0 Å². The Kier molecular flexibility index (Phi) is 3.08. The molecule has 0 amide bonds. The lowest BCUT2D eigenvalue weighted by atomic mass is 10.1. The fourth-order valence-corrected chi connectivity index (χ4v) is 1.84. The van der Waals surface area contributed by atoms with Gasteiger partial charge >= 0.3 is 0 Å². The quantitative estimate of drug-likeness (QED) is 0.692. The molecular formula is C12H14N2O. The van der Waals surface area contributed by atoms with Crippen molar-refractivity contribution < 1.29 is 4.42 Å². The molecule has 1 aliphatic heterocycles. The van der Waals surface area contributed by atoms with E-state index in [0.29, 0.717) is 0 Å². The Morgan fingerprint density at radius 2 is 2.07 bits per heavy atom. The third-order valence-electron chi connectivity index (χ3n) is 2.60. The van der Waals surface area contributed by atoms with Crippen LogP contribution in [0.4, 0.5) is 5.88 Å². The highest BCUT2D eigenvalue weighted by atomic mass is 16.4. The van der Waals surface area contributed by atoms with E-state index in [9.17, 15) is 0 Å². The lowest BCUT2D eigenvalue weighted by Crippen LogP contribution is -2.28. The maximum absolute atomic E-state index is 8.39. The molecule has 2 rings (SSSR count). The van der Waals surface area contributed by atoms with Gasteiger partial charge in [0, 0.05) is 25.2 Å². The van der Waals surface area contributed by atoms with Crippen LogP contribution in [0.15, 0.2) is 22.6 Å². The van der Waals surface area contributed by atoms with Gasteiger partial charge in [0.15, 0.2) is 5.88 Å². The molecule has 2 heterocycles. The van der Waals surface area contributed by atoms with E-state index in [1.54, 1.807) is 6.08 Å². The number of allylic oxidation sites excluding steroid dienone is 1. The molecule has 0 N–H and O–H groups in total. The summed E-state index contributed by atoms with van der Waals surface area (Å²) in [5.41, 5.74) is 0. The molecular weight excluding hydrogens is 188 g/mol. The zero-order valence-electron chi connectivity index (χ0n) is 8.65. The van der Waals surface area contributed by atoms with E-state index in [-0.39, 0.29) is 0 Å². The van der Waals surface area contributed by atoms with Gasteiger partial charge in [0.1, 0.15) is 5.76 Å². The van der Waals surface area contributed by atoms with E-state index in [1.807, 2.05) is 18.2 Å². The summed E-state index contributed by atoms with van der Waals surface area (Å²) in [6, 6.07) is 5.83. The molecule has 3 nitrogen and oxygen atoms in total. The second-order valence-corrected chi connectivity index (χ2v) is 3.69. The van der Waals surface area contributed by atoms with Gasteiger partial charge in [-0.3, -0.25) is 0 Å². The first-order valence-corrected chi connectivity index (χ1v) is 5.31. The Balaban J connectivity index is 2.06. The van der Waals surface area contributed by atoms with E-state index in [2.05, 4.69) is 4.90 Å². The molecule has 0 radical (unpaired) electrons. The van der Waals surface area contributed by atoms with Crippen molar-refractivity contribution in [3.8, 4) is 6.07 Å². The SMILES string of the molecule is N#CC=Cc1ccc(N2CCCCC2)o1. The smallest absolute Gasteiger partial charge is 0.196 e. The summed E-state index contributed by atoms with van der Waals surface area (Å²) in [4.78, 5) is 2.26. The van der Waals surface area contributed by atoms with Crippen LogP contribution in [0, 0.1) is 11.3 Å². The zero-order chi connectivity index (χ0) is 10.5. The number of piperidine rings is 1. The molecule has 0 unspecified atom stereocenters. The highest BCUT2D eigenvalue weighted by molar-refractivity contribution is 5.50. The van der Waals surface area contributed by atoms with E-state index < -0.39 is 0 Å². The number of nitrogens with zero attached hydrogens (tertiary/aromatic N) is 2. The van der Waals surface area contributed by atoms with Crippen molar-refractivity contribution in [3.63, 3.8) is 0 Å². The molecule has 1 saturated heterocycles. The Labute approximate surface area is 89.6 Å². The number of nitriles is 1. The molecule has 15 heavy (non-hydrogen) atoms. The molecule has 1 aliphatic rings. The molecule has 0 aliphatic carbocycles. The van der Waals surface area contributed by atoms with Gasteiger partial charge in [-0.1, -0.05) is 0 Å². The molecule has 0 atom stereocenters. The third kappa shape index (κ3) is 2.41. The zero-order valence-corrected chi connectivity index (χ0v) is 8.65. The van der Waals surface area contributed by atoms with Gasteiger partial charge < -0.3 is 9.32 Å². The molecule has 78 valence electrons. The van der Waals surface area contributed by atoms with Crippen LogP contribution in [0.3, 0.4) is 0 Å². The first-order chi connectivity index (χ1) is 7.40. The van der Waals surface area contributed by atoms with Gasteiger partial charge in [-0.05, 0) is 31.4 Å². The fourth-order valence-electron chi connectivity index (χ4n) is 1.84. The summed E-state index contributed by atoms with van der Waals surface area (Å²) in [6.45, 7) is 2.16. The van der Waals surface area contributed by atoms with Crippen LogP contribution in [0.1, 0.15) is 25.0 Å². The average Bonchev–Trinajstić information content (AvgIpc) is 2.76. The summed E-state index contributed by atoms with van der Waals surface area (Å²) in [7, 11) is 0. The predicted octanol–water partition coefficient (Wildman–Crippen LogP) is 2.81. The van der Waals surface area contributed by atoms with Crippen molar-refractivity contribution in [1.82, 2.24) is 0 Å². The summed E-state index contributed by atoms with van der Waals surface area (Å²) in [5, 5.41) is 8.39. The van der Waals surface area contributed by atoms with Gasteiger partial charge in [-0.2, -0.15) is 5.26 Å². The monoisotopic (exact) mass is 202 g/mol. The Morgan fingerprint density at radius 1 is 1.27 bits per heavy atom. The van der Waals surface area contributed by atoms with Crippen molar-refractivity contribution >= 4 is 12.0 Å². The molecule has 0 aromatic carbocycles. The van der Waals surface area contributed by atoms with E-state index in [0.717, 1.165) is 24.7 Å². The van der Waals surface area contributed by atoms with E-state index in [4.69, 9.17) is 9.68 Å². The minimum absolute atomic E-state index is 0.747. The number of anilines is 1. The third-order valence-corrected chi connectivity index (χ3v) is 2.60. The van der Waals surface area contributed by atoms with Crippen molar-refractivity contribution in [2.45, 2.75) is 19.3 Å². The molecule has 0 spiro atoms. The topological polar surface area (TPSA) is 40.2 Å². The van der Waals surface area contributed by atoms with Crippen molar-refractivity contribution in [1.29, 1.82) is 5.26 Å². The van der Waals surface area contributed by atoms with Crippen LogP contribution < -0.4 is 4.90 Å². The highest BCUT2D eigenvalue weighted by Crippen LogP contribution is 2.22. The second kappa shape index (κ2) is 4.70. The second-order valence-electron chi connectivity index (χ2n) is 3.69. The number of hydrogen-bond acceptors (Lipinski definition) is 3. The van der Waals surface area contributed by atoms with Crippen molar-refractivity contribution in [3.05, 3.63) is 24.0 Å². The first kappa shape index (κ1) is 9.85. The maximum Gasteiger partial charge on any atom is 0.196 e. The van der Waals surface area contributed by atoms with Gasteiger partial charge in [0.2, 0.25) is 0 Å². The lowest BCUT2D eigenvalue weighted by molar-refractivity contribution is 0.496. The summed E-state index contributed by atoms with van der Waals surface area (Å²) in [5.74, 6) is 1.67. The van der Waals surface area contributed by atoms with Crippen LogP contribution in [-0.2, 0) is 0 Å². The highest BCUT2D eigenvalue weighted by Gasteiger charge is 2.13. The number of furan rings is 1. The molecule has 1 fully saturated rings. The Bertz CT molecular complexity index is 381. The average molecular weight is 202 g/mol. The fraction of sp³-hybridized carbons (Fsp3) is 0.417. The first-order valence-electron chi connectivity index (χ1n) is 5.31. The maximum atomic E-state index is 8.39. The minimum atomic E-state index is 0.747. The molecule has 1 aromatic rings. The molecule has 3 heteroatoms. The van der Waals surface area contributed by atoms with Gasteiger partial charge in [0.05, 0.1) is 6.07 Å². The Hall–Kier alpha value is -1.69. The minimum Gasteiger partial charge on any atom is -0.441 e. The van der Waals surface area contributed by atoms with Crippen LogP contribution in [-0.4, -0.2) is 13.1 Å². The largest absolute Gasteiger partial charge is 0.441 e. The summed E-state index contributed by atoms with van der Waals surface area (Å²) >= 11 is 0. The van der Waals surface area contributed by atoms with Crippen LogP contribution in [0.5, 0.6) is 0 Å².